The van der Waals surface area contributed by atoms with E-state index < -0.39 is 10.0 Å². The van der Waals surface area contributed by atoms with Crippen LogP contribution in [0.25, 0.3) is 0 Å². The highest BCUT2D eigenvalue weighted by Gasteiger charge is 2.14. The van der Waals surface area contributed by atoms with E-state index in [1.54, 1.807) is 21.0 Å². The smallest absolute Gasteiger partial charge is 0.213 e. The molecular weight excluding hydrogens is 392 g/mol. The minimum Gasteiger partial charge on any atom is -0.491 e. The molecule has 0 unspecified atom stereocenters. The highest BCUT2D eigenvalue weighted by molar-refractivity contribution is 7.89. The zero-order valence-corrected chi connectivity index (χ0v) is 19.1. The largest absolute Gasteiger partial charge is 0.491 e. The Morgan fingerprint density at radius 3 is 2.62 bits per heavy atom. The van der Waals surface area contributed by atoms with Crippen LogP contribution in [0.3, 0.4) is 0 Å². The van der Waals surface area contributed by atoms with Crippen molar-refractivity contribution in [2.24, 2.45) is 4.99 Å². The maximum atomic E-state index is 11.8. The molecule has 9 heteroatoms. The van der Waals surface area contributed by atoms with Gasteiger partial charge in [0.2, 0.25) is 10.0 Å². The highest BCUT2D eigenvalue weighted by atomic mass is 32.2. The average Bonchev–Trinajstić information content (AvgIpc) is 2.71. The lowest BCUT2D eigenvalue weighted by Crippen LogP contribution is -2.38. The summed E-state index contributed by atoms with van der Waals surface area (Å²) < 4.78 is 36.1. The topological polar surface area (TPSA) is 92.3 Å². The molecule has 8 nitrogen and oxygen atoms in total. The summed E-state index contributed by atoms with van der Waals surface area (Å²) in [6.45, 7) is 9.03. The fourth-order valence-electron chi connectivity index (χ4n) is 2.56. The Balaban J connectivity index is 2.49. The van der Waals surface area contributed by atoms with Crippen molar-refractivity contribution in [2.75, 3.05) is 52.8 Å². The number of benzene rings is 1. The van der Waals surface area contributed by atoms with Crippen LogP contribution < -0.4 is 15.4 Å². The lowest BCUT2D eigenvalue weighted by Gasteiger charge is -2.17. The molecule has 0 aliphatic carbocycles. The Morgan fingerprint density at radius 1 is 1.21 bits per heavy atom. The molecule has 1 aromatic rings. The van der Waals surface area contributed by atoms with E-state index in [4.69, 9.17) is 9.47 Å². The molecule has 1 aromatic carbocycles. The summed E-state index contributed by atoms with van der Waals surface area (Å²) in [6, 6.07) is 6.10. The molecule has 0 heterocycles. The Labute approximate surface area is 175 Å². The lowest BCUT2D eigenvalue weighted by atomic mass is 10.1. The summed E-state index contributed by atoms with van der Waals surface area (Å²) in [5.74, 6) is 1.61. The molecule has 29 heavy (non-hydrogen) atoms. The fourth-order valence-corrected chi connectivity index (χ4v) is 3.41. The van der Waals surface area contributed by atoms with Crippen molar-refractivity contribution in [1.29, 1.82) is 0 Å². The Hall–Kier alpha value is -1.84. The van der Waals surface area contributed by atoms with E-state index in [0.717, 1.165) is 16.9 Å². The molecule has 0 saturated carbocycles. The van der Waals surface area contributed by atoms with Crippen molar-refractivity contribution in [2.45, 2.75) is 33.7 Å². The number of ether oxygens (including phenoxy) is 2. The number of nitrogens with one attached hydrogen (secondary N) is 2. The Morgan fingerprint density at radius 2 is 1.97 bits per heavy atom. The van der Waals surface area contributed by atoms with E-state index in [9.17, 15) is 8.42 Å². The predicted octanol–water partition coefficient (Wildman–Crippen LogP) is 1.75. The molecule has 166 valence electrons. The third-order valence-corrected chi connectivity index (χ3v) is 6.23. The standard InChI is InChI=1S/C20H36N4O4S/c1-6-27-13-14-28-19-15-17(3)9-10-18(19)16-23-20(21-4)22-11-8-12-24(5)29(25,26)7-2/h9-10,15H,6-8,11-14,16H2,1-5H3,(H2,21,22,23). The van der Waals surface area contributed by atoms with Crippen molar-refractivity contribution in [1.82, 2.24) is 14.9 Å². The predicted molar refractivity (Wildman–Crippen MR) is 118 cm³/mol. The van der Waals surface area contributed by atoms with Gasteiger partial charge in [-0.15, -0.1) is 0 Å². The second kappa shape index (κ2) is 13.4. The zero-order chi connectivity index (χ0) is 21.7. The van der Waals surface area contributed by atoms with Crippen LogP contribution >= 0.6 is 0 Å². The molecule has 0 aromatic heterocycles. The second-order valence-corrected chi connectivity index (χ2v) is 8.95. The minimum atomic E-state index is -3.13. The lowest BCUT2D eigenvalue weighted by molar-refractivity contribution is 0.110. The summed E-state index contributed by atoms with van der Waals surface area (Å²) in [7, 11) is 0.180. The zero-order valence-electron chi connectivity index (χ0n) is 18.3. The van der Waals surface area contributed by atoms with Crippen molar-refractivity contribution >= 4 is 16.0 Å². The summed E-state index contributed by atoms with van der Waals surface area (Å²) >= 11 is 0. The van der Waals surface area contributed by atoms with Crippen molar-refractivity contribution in [3.05, 3.63) is 29.3 Å². The fraction of sp³-hybridized carbons (Fsp3) is 0.650. The van der Waals surface area contributed by atoms with Gasteiger partial charge in [0.15, 0.2) is 5.96 Å². The molecule has 0 spiro atoms. The SMILES string of the molecule is CCOCCOc1cc(C)ccc1CNC(=NC)NCCCN(C)S(=O)(=O)CC. The van der Waals surface area contributed by atoms with E-state index in [0.29, 0.717) is 51.8 Å². The third kappa shape index (κ3) is 9.47. The number of nitrogens with zero attached hydrogens (tertiary/aromatic N) is 2. The van der Waals surface area contributed by atoms with Gasteiger partial charge in [-0.3, -0.25) is 4.99 Å². The van der Waals surface area contributed by atoms with Gasteiger partial charge in [0.05, 0.1) is 12.4 Å². The first kappa shape index (κ1) is 25.2. The van der Waals surface area contributed by atoms with Gasteiger partial charge in [0.25, 0.3) is 0 Å². The number of aliphatic imine (C=N–C) groups is 1. The van der Waals surface area contributed by atoms with Gasteiger partial charge in [-0.2, -0.15) is 0 Å². The van der Waals surface area contributed by atoms with Gasteiger partial charge < -0.3 is 20.1 Å². The maximum Gasteiger partial charge on any atom is 0.213 e. The van der Waals surface area contributed by atoms with E-state index in [1.165, 1.54) is 4.31 Å². The van der Waals surface area contributed by atoms with Gasteiger partial charge in [-0.25, -0.2) is 12.7 Å². The molecule has 0 radical (unpaired) electrons. The van der Waals surface area contributed by atoms with E-state index in [1.807, 2.05) is 32.0 Å². The first-order chi connectivity index (χ1) is 13.8. The highest BCUT2D eigenvalue weighted by Crippen LogP contribution is 2.20. The van der Waals surface area contributed by atoms with Gasteiger partial charge >= 0.3 is 0 Å². The van der Waals surface area contributed by atoms with Crippen LogP contribution in [-0.4, -0.2) is 71.4 Å². The molecule has 0 aliphatic rings. The molecule has 0 aliphatic heterocycles. The molecule has 0 atom stereocenters. The van der Waals surface area contributed by atoms with Gasteiger partial charge in [0, 0.05) is 45.9 Å². The first-order valence-electron chi connectivity index (χ1n) is 10.0. The number of hydrogen-bond acceptors (Lipinski definition) is 5. The quantitative estimate of drug-likeness (QED) is 0.283. The van der Waals surface area contributed by atoms with E-state index >= 15 is 0 Å². The number of aryl methyl sites for hydroxylation is 1. The Bertz CT molecular complexity index is 738. The first-order valence-corrected chi connectivity index (χ1v) is 11.6. The van der Waals surface area contributed by atoms with Gasteiger partial charge in [-0.1, -0.05) is 12.1 Å². The molecule has 0 bridgehead atoms. The summed E-state index contributed by atoms with van der Waals surface area (Å²) in [5.41, 5.74) is 2.16. The average molecular weight is 429 g/mol. The van der Waals surface area contributed by atoms with Gasteiger partial charge in [-0.05, 0) is 38.8 Å². The van der Waals surface area contributed by atoms with E-state index in [2.05, 4.69) is 15.6 Å². The van der Waals surface area contributed by atoms with Crippen LogP contribution in [0.5, 0.6) is 5.75 Å². The van der Waals surface area contributed by atoms with Crippen molar-refractivity contribution < 1.29 is 17.9 Å². The van der Waals surface area contributed by atoms with Crippen molar-refractivity contribution in [3.63, 3.8) is 0 Å². The second-order valence-electron chi connectivity index (χ2n) is 6.58. The monoisotopic (exact) mass is 428 g/mol. The van der Waals surface area contributed by atoms with Crippen LogP contribution in [0.4, 0.5) is 0 Å². The number of guanidine groups is 1. The summed E-state index contributed by atoms with van der Waals surface area (Å²) in [6.07, 6.45) is 0.687. The molecular formula is C20H36N4O4S. The van der Waals surface area contributed by atoms with Crippen LogP contribution in [0, 0.1) is 6.92 Å². The maximum absolute atomic E-state index is 11.8. The molecule has 1 rings (SSSR count). The molecule has 0 amide bonds. The van der Waals surface area contributed by atoms with Crippen LogP contribution in [0.2, 0.25) is 0 Å². The molecule has 0 fully saturated rings. The normalized spacial score (nSPS) is 12.3. The van der Waals surface area contributed by atoms with Gasteiger partial charge in [0.1, 0.15) is 12.4 Å². The summed E-state index contributed by atoms with van der Waals surface area (Å²) in [5, 5.41) is 6.48. The molecule has 0 saturated heterocycles. The molecule has 2 N–H and O–H groups in total. The minimum absolute atomic E-state index is 0.117. The number of hydrogen-bond donors (Lipinski definition) is 2. The van der Waals surface area contributed by atoms with Crippen LogP contribution in [-0.2, 0) is 21.3 Å². The van der Waals surface area contributed by atoms with Crippen LogP contribution in [0.1, 0.15) is 31.4 Å². The third-order valence-electron chi connectivity index (χ3n) is 4.36. The van der Waals surface area contributed by atoms with E-state index in [-0.39, 0.29) is 5.75 Å². The number of sulfonamides is 1. The van der Waals surface area contributed by atoms with Crippen molar-refractivity contribution in [3.8, 4) is 5.75 Å². The van der Waals surface area contributed by atoms with Crippen LogP contribution in [0.15, 0.2) is 23.2 Å². The summed E-state index contributed by atoms with van der Waals surface area (Å²) in [4.78, 5) is 4.22. The number of rotatable bonds is 13. The Kier molecular flexibility index (Phi) is 11.6.